The molecule has 0 saturated heterocycles. The number of para-hydroxylation sites is 1. The van der Waals surface area contributed by atoms with E-state index in [9.17, 15) is 8.42 Å². The Bertz CT molecular complexity index is 1470. The van der Waals surface area contributed by atoms with Gasteiger partial charge in [0, 0.05) is 39.1 Å². The molecule has 2 heterocycles. The fraction of sp³-hybridized carbons (Fsp3) is 0.320. The number of aryl methyl sites for hydroxylation is 1. The predicted octanol–water partition coefficient (Wildman–Crippen LogP) is 3.45. The van der Waals surface area contributed by atoms with E-state index in [1.165, 1.54) is 24.3 Å². The third-order valence-corrected chi connectivity index (χ3v) is 7.30. The second kappa shape index (κ2) is 10.8. The molecule has 35 heavy (non-hydrogen) atoms. The molecule has 182 valence electrons. The van der Waals surface area contributed by atoms with E-state index < -0.39 is 10.0 Å². The average molecular weight is 493 g/mol. The number of ether oxygens (including phenoxy) is 1. The second-order valence-corrected chi connectivity index (χ2v) is 9.86. The average Bonchev–Trinajstić information content (AvgIpc) is 3.25. The summed E-state index contributed by atoms with van der Waals surface area (Å²) in [6, 6.07) is 15.9. The number of fused-ring (bicyclic) bond motifs is 3. The summed E-state index contributed by atoms with van der Waals surface area (Å²) in [5.74, 6) is 1.64. The summed E-state index contributed by atoms with van der Waals surface area (Å²) < 4.78 is 35.3. The van der Waals surface area contributed by atoms with Gasteiger partial charge < -0.3 is 14.6 Å². The number of anilines is 1. The van der Waals surface area contributed by atoms with E-state index in [0.29, 0.717) is 38.1 Å². The van der Waals surface area contributed by atoms with E-state index in [2.05, 4.69) is 14.6 Å². The van der Waals surface area contributed by atoms with Gasteiger partial charge >= 0.3 is 0 Å². The fourth-order valence-corrected chi connectivity index (χ4v) is 5.15. The van der Waals surface area contributed by atoms with Gasteiger partial charge in [-0.05, 0) is 43.2 Å². The van der Waals surface area contributed by atoms with Gasteiger partial charge in [-0.15, -0.1) is 0 Å². The van der Waals surface area contributed by atoms with Crippen molar-refractivity contribution < 1.29 is 13.2 Å². The van der Waals surface area contributed by atoms with Crippen LogP contribution in [0.3, 0.4) is 0 Å². The Hall–Kier alpha value is -3.52. The fourth-order valence-electron chi connectivity index (χ4n) is 4.07. The molecule has 0 bridgehead atoms. The molecular weight excluding hydrogens is 464 g/mol. The number of nitriles is 1. The van der Waals surface area contributed by atoms with E-state index in [-0.39, 0.29) is 4.90 Å². The Morgan fingerprint density at radius 2 is 1.86 bits per heavy atom. The molecule has 0 aliphatic carbocycles. The molecule has 0 radical (unpaired) electrons. The number of pyridine rings is 1. The maximum absolute atomic E-state index is 12.6. The Labute approximate surface area is 204 Å². The van der Waals surface area contributed by atoms with Crippen molar-refractivity contribution in [2.45, 2.75) is 30.7 Å². The van der Waals surface area contributed by atoms with Gasteiger partial charge in [0.2, 0.25) is 10.0 Å². The number of unbranched alkanes of at least 4 members (excludes halogenated alkanes) is 1. The van der Waals surface area contributed by atoms with Crippen molar-refractivity contribution in [2.24, 2.45) is 0 Å². The minimum absolute atomic E-state index is 0.150. The van der Waals surface area contributed by atoms with E-state index in [1.807, 2.05) is 37.4 Å². The van der Waals surface area contributed by atoms with E-state index in [1.54, 1.807) is 7.11 Å². The molecule has 0 amide bonds. The van der Waals surface area contributed by atoms with Crippen molar-refractivity contribution in [1.82, 2.24) is 19.3 Å². The van der Waals surface area contributed by atoms with Crippen molar-refractivity contribution in [3.05, 3.63) is 59.9 Å². The monoisotopic (exact) mass is 492 g/mol. The second-order valence-electron chi connectivity index (χ2n) is 8.09. The quantitative estimate of drug-likeness (QED) is 0.308. The number of hydrogen-bond donors (Lipinski definition) is 2. The van der Waals surface area contributed by atoms with E-state index in [4.69, 9.17) is 20.0 Å². The molecular formula is C25H28N6O3S. The van der Waals surface area contributed by atoms with Crippen LogP contribution in [0, 0.1) is 11.3 Å². The number of methoxy groups -OCH3 is 1. The highest BCUT2D eigenvalue weighted by Crippen LogP contribution is 2.30. The maximum atomic E-state index is 12.6. The normalized spacial score (nSPS) is 11.7. The molecule has 2 aromatic carbocycles. The van der Waals surface area contributed by atoms with Crippen molar-refractivity contribution >= 4 is 37.8 Å². The van der Waals surface area contributed by atoms with Gasteiger partial charge in [0.1, 0.15) is 11.3 Å². The first-order chi connectivity index (χ1) is 17.0. The molecule has 0 atom stereocenters. The molecule has 0 fully saturated rings. The van der Waals surface area contributed by atoms with Gasteiger partial charge in [0.25, 0.3) is 0 Å². The molecule has 10 heteroatoms. The molecule has 4 aromatic rings. The Morgan fingerprint density at radius 1 is 1.09 bits per heavy atom. The van der Waals surface area contributed by atoms with Gasteiger partial charge in [-0.2, -0.15) is 5.26 Å². The van der Waals surface area contributed by atoms with Crippen LogP contribution in [0.15, 0.2) is 53.4 Å². The largest absolute Gasteiger partial charge is 0.384 e. The summed E-state index contributed by atoms with van der Waals surface area (Å²) in [6.45, 7) is 1.55. The van der Waals surface area contributed by atoms with Crippen LogP contribution in [0.1, 0.15) is 24.2 Å². The highest BCUT2D eigenvalue weighted by molar-refractivity contribution is 7.89. The summed E-state index contributed by atoms with van der Waals surface area (Å²) >= 11 is 0. The van der Waals surface area contributed by atoms with Gasteiger partial charge in [0.05, 0.1) is 34.2 Å². The van der Waals surface area contributed by atoms with E-state index in [0.717, 1.165) is 40.0 Å². The lowest BCUT2D eigenvalue weighted by molar-refractivity contribution is 0.199. The zero-order chi connectivity index (χ0) is 24.8. The first-order valence-corrected chi connectivity index (χ1v) is 12.9. The topological polar surface area (TPSA) is 122 Å². The first kappa shape index (κ1) is 24.6. The third-order valence-electron chi connectivity index (χ3n) is 5.82. The van der Waals surface area contributed by atoms with E-state index >= 15 is 0 Å². The van der Waals surface area contributed by atoms with Crippen LogP contribution in [0.2, 0.25) is 0 Å². The van der Waals surface area contributed by atoms with Crippen LogP contribution in [0.5, 0.6) is 0 Å². The highest BCUT2D eigenvalue weighted by atomic mass is 32.2. The first-order valence-electron chi connectivity index (χ1n) is 11.4. The van der Waals surface area contributed by atoms with Crippen LogP contribution in [0.4, 0.5) is 5.82 Å². The minimum atomic E-state index is -3.62. The maximum Gasteiger partial charge on any atom is 0.240 e. The third kappa shape index (κ3) is 5.27. The smallest absolute Gasteiger partial charge is 0.240 e. The van der Waals surface area contributed by atoms with Crippen molar-refractivity contribution in [1.29, 1.82) is 5.26 Å². The zero-order valence-corrected chi connectivity index (χ0v) is 20.6. The molecule has 0 unspecified atom stereocenters. The Kier molecular flexibility index (Phi) is 7.60. The summed E-state index contributed by atoms with van der Waals surface area (Å²) in [5.41, 5.74) is 3.15. The number of imidazole rings is 1. The minimum Gasteiger partial charge on any atom is -0.384 e. The molecule has 9 nitrogen and oxygen atoms in total. The van der Waals surface area contributed by atoms with Crippen LogP contribution >= 0.6 is 0 Å². The van der Waals surface area contributed by atoms with Crippen molar-refractivity contribution in [3.8, 4) is 6.07 Å². The Balaban J connectivity index is 1.52. The van der Waals surface area contributed by atoms with Gasteiger partial charge in [-0.3, -0.25) is 0 Å². The molecule has 4 rings (SSSR count). The summed E-state index contributed by atoms with van der Waals surface area (Å²) in [6.07, 6.45) is 2.07. The molecule has 0 aliphatic rings. The molecule has 0 aliphatic heterocycles. The number of aromatic nitrogens is 3. The molecule has 0 spiro atoms. The van der Waals surface area contributed by atoms with Crippen molar-refractivity contribution in [3.63, 3.8) is 0 Å². The van der Waals surface area contributed by atoms with Crippen LogP contribution in [-0.2, 0) is 27.7 Å². The van der Waals surface area contributed by atoms with Crippen molar-refractivity contribution in [2.75, 3.05) is 32.6 Å². The number of rotatable bonds is 11. The van der Waals surface area contributed by atoms with Crippen LogP contribution in [0.25, 0.3) is 21.9 Å². The number of hydrogen-bond acceptors (Lipinski definition) is 7. The van der Waals surface area contributed by atoms with Crippen LogP contribution in [-0.4, -0.2) is 50.3 Å². The summed E-state index contributed by atoms with van der Waals surface area (Å²) in [4.78, 5) is 9.76. The van der Waals surface area contributed by atoms with Gasteiger partial charge in [0.15, 0.2) is 5.82 Å². The number of nitrogens with zero attached hydrogens (tertiary/aromatic N) is 4. The number of benzene rings is 2. The summed E-state index contributed by atoms with van der Waals surface area (Å²) in [7, 11) is -0.117. The lowest BCUT2D eigenvalue weighted by atomic mass is 10.2. The SMILES string of the molecule is CNc1nc2ccccc2c2c1nc(CCOC)n2CCCCNS(=O)(=O)c1ccc(C#N)cc1. The Morgan fingerprint density at radius 3 is 2.57 bits per heavy atom. The number of sulfonamides is 1. The molecule has 2 N–H and O–H groups in total. The standard InChI is InChI=1S/C25H28N6O3S/c1-27-25-23-24(20-7-3-4-8-21(20)29-25)31(22(30-23)13-16-34-2)15-6-5-14-28-35(32,33)19-11-9-18(17-26)10-12-19/h3-4,7-12,28H,5-6,13-16H2,1-2H3,(H,27,29). The lowest BCUT2D eigenvalue weighted by Gasteiger charge is -2.12. The van der Waals surface area contributed by atoms with Gasteiger partial charge in [-0.25, -0.2) is 23.1 Å². The van der Waals surface area contributed by atoms with Gasteiger partial charge in [-0.1, -0.05) is 18.2 Å². The molecule has 2 aromatic heterocycles. The van der Waals surface area contributed by atoms with Crippen LogP contribution < -0.4 is 10.0 Å². The lowest BCUT2D eigenvalue weighted by Crippen LogP contribution is -2.25. The summed E-state index contributed by atoms with van der Waals surface area (Å²) in [5, 5.41) is 13.1. The zero-order valence-electron chi connectivity index (χ0n) is 19.8. The molecule has 0 saturated carbocycles. The highest BCUT2D eigenvalue weighted by Gasteiger charge is 2.18. The predicted molar refractivity (Wildman–Crippen MR) is 136 cm³/mol. The number of nitrogens with one attached hydrogen (secondary N) is 2.